The summed E-state index contributed by atoms with van der Waals surface area (Å²) in [5.74, 6) is -0.188. The number of rotatable bonds is 3. The van der Waals surface area contributed by atoms with Crippen LogP contribution in [0.1, 0.15) is 50.4 Å². The Kier molecular flexibility index (Phi) is 2.82. The van der Waals surface area contributed by atoms with Crippen molar-refractivity contribution in [3.63, 3.8) is 0 Å². The van der Waals surface area contributed by atoms with Crippen molar-refractivity contribution >= 4 is 11.7 Å². The first kappa shape index (κ1) is 13.4. The van der Waals surface area contributed by atoms with Crippen LogP contribution in [0.2, 0.25) is 0 Å². The van der Waals surface area contributed by atoms with E-state index in [9.17, 15) is 9.90 Å². The van der Waals surface area contributed by atoms with Crippen molar-refractivity contribution in [3.8, 4) is 0 Å². The van der Waals surface area contributed by atoms with Gasteiger partial charge in [-0.1, -0.05) is 20.8 Å². The Morgan fingerprint density at radius 2 is 2.20 bits per heavy atom. The van der Waals surface area contributed by atoms with Crippen molar-refractivity contribution in [3.05, 3.63) is 24.0 Å². The predicted molar refractivity (Wildman–Crippen MR) is 77.8 cm³/mol. The van der Waals surface area contributed by atoms with Crippen LogP contribution >= 0.6 is 0 Å². The number of pyridine rings is 1. The summed E-state index contributed by atoms with van der Waals surface area (Å²) >= 11 is 0. The number of fused-ring (bicyclic) bond motifs is 2. The van der Waals surface area contributed by atoms with Gasteiger partial charge in [0.05, 0.1) is 5.69 Å². The van der Waals surface area contributed by atoms with Gasteiger partial charge in [-0.2, -0.15) is 0 Å². The van der Waals surface area contributed by atoms with Crippen LogP contribution in [0.15, 0.2) is 18.5 Å². The molecular formula is C16H22N2O2. The van der Waals surface area contributed by atoms with Gasteiger partial charge in [-0.25, -0.2) is 4.79 Å². The van der Waals surface area contributed by atoms with E-state index in [2.05, 4.69) is 31.1 Å². The van der Waals surface area contributed by atoms with Gasteiger partial charge in [0.1, 0.15) is 5.56 Å². The molecule has 0 saturated heterocycles. The lowest BCUT2D eigenvalue weighted by Crippen LogP contribution is -2.46. The monoisotopic (exact) mass is 274 g/mol. The van der Waals surface area contributed by atoms with E-state index in [0.29, 0.717) is 11.7 Å². The summed E-state index contributed by atoms with van der Waals surface area (Å²) in [5, 5.41) is 12.8. The molecule has 0 aromatic carbocycles. The van der Waals surface area contributed by atoms with Gasteiger partial charge in [-0.3, -0.25) is 4.98 Å². The van der Waals surface area contributed by atoms with E-state index in [-0.39, 0.29) is 16.4 Å². The number of nitrogens with one attached hydrogen (secondary N) is 1. The maximum Gasteiger partial charge on any atom is 0.339 e. The van der Waals surface area contributed by atoms with Gasteiger partial charge in [0.15, 0.2) is 0 Å². The third kappa shape index (κ3) is 1.81. The summed E-state index contributed by atoms with van der Waals surface area (Å²) in [5.41, 5.74) is 1.42. The number of anilines is 1. The number of nitrogens with zero attached hydrogens (tertiary/aromatic N) is 1. The highest BCUT2D eigenvalue weighted by atomic mass is 16.4. The molecule has 0 spiro atoms. The van der Waals surface area contributed by atoms with Crippen LogP contribution in [0, 0.1) is 16.7 Å². The summed E-state index contributed by atoms with van der Waals surface area (Å²) in [6.07, 6.45) is 6.84. The van der Waals surface area contributed by atoms with Gasteiger partial charge in [-0.05, 0) is 42.1 Å². The molecule has 1 aromatic rings. The van der Waals surface area contributed by atoms with Crippen molar-refractivity contribution in [1.29, 1.82) is 0 Å². The average molecular weight is 274 g/mol. The smallest absolute Gasteiger partial charge is 0.339 e. The molecule has 2 N–H and O–H groups in total. The van der Waals surface area contributed by atoms with Crippen LogP contribution in [0.4, 0.5) is 5.69 Å². The molecule has 2 bridgehead atoms. The zero-order chi connectivity index (χ0) is 14.5. The lowest BCUT2D eigenvalue weighted by atomic mass is 9.68. The van der Waals surface area contributed by atoms with Crippen molar-refractivity contribution in [2.24, 2.45) is 16.7 Å². The highest BCUT2D eigenvalue weighted by molar-refractivity contribution is 5.93. The summed E-state index contributed by atoms with van der Waals surface area (Å²) in [6.45, 7) is 6.95. The lowest BCUT2D eigenvalue weighted by Gasteiger charge is -2.43. The van der Waals surface area contributed by atoms with E-state index in [1.165, 1.54) is 25.5 Å². The Balaban J connectivity index is 1.94. The Morgan fingerprint density at radius 1 is 1.45 bits per heavy atom. The molecule has 0 amide bonds. The van der Waals surface area contributed by atoms with Gasteiger partial charge in [0, 0.05) is 18.4 Å². The van der Waals surface area contributed by atoms with Crippen molar-refractivity contribution in [1.82, 2.24) is 4.98 Å². The predicted octanol–water partition coefficient (Wildman–Crippen LogP) is 3.41. The third-order valence-electron chi connectivity index (χ3n) is 5.62. The molecule has 20 heavy (non-hydrogen) atoms. The van der Waals surface area contributed by atoms with Gasteiger partial charge >= 0.3 is 5.97 Å². The molecule has 4 nitrogen and oxygen atoms in total. The number of hydrogen-bond donors (Lipinski definition) is 2. The summed E-state index contributed by atoms with van der Waals surface area (Å²) in [7, 11) is 0. The first-order chi connectivity index (χ1) is 9.34. The minimum Gasteiger partial charge on any atom is -0.478 e. The molecule has 1 aromatic heterocycles. The fraction of sp³-hybridized carbons (Fsp3) is 0.625. The molecule has 2 saturated carbocycles. The molecule has 3 atom stereocenters. The molecule has 108 valence electrons. The quantitative estimate of drug-likeness (QED) is 0.886. The van der Waals surface area contributed by atoms with Crippen molar-refractivity contribution < 1.29 is 9.90 Å². The van der Waals surface area contributed by atoms with Crippen LogP contribution in [-0.2, 0) is 0 Å². The molecule has 0 radical (unpaired) electrons. The minimum atomic E-state index is -0.924. The van der Waals surface area contributed by atoms with Gasteiger partial charge in [0.2, 0.25) is 0 Å². The molecule has 3 unspecified atom stereocenters. The Bertz CT molecular complexity index is 550. The van der Waals surface area contributed by atoms with Crippen LogP contribution in [-0.4, -0.2) is 22.1 Å². The first-order valence-electron chi connectivity index (χ1n) is 7.28. The van der Waals surface area contributed by atoms with Crippen molar-refractivity contribution in [2.45, 2.75) is 46.1 Å². The van der Waals surface area contributed by atoms with Gasteiger partial charge in [0.25, 0.3) is 0 Å². The topological polar surface area (TPSA) is 62.2 Å². The first-order valence-corrected chi connectivity index (χ1v) is 7.28. The molecule has 4 heteroatoms. The maximum atomic E-state index is 11.3. The fourth-order valence-electron chi connectivity index (χ4n) is 4.51. The van der Waals surface area contributed by atoms with Crippen molar-refractivity contribution in [2.75, 3.05) is 5.32 Å². The third-order valence-corrected chi connectivity index (χ3v) is 5.62. The molecule has 3 rings (SSSR count). The molecule has 0 aliphatic heterocycles. The second kappa shape index (κ2) is 4.21. The normalized spacial score (nSPS) is 34.1. The van der Waals surface area contributed by atoms with E-state index in [1.54, 1.807) is 12.3 Å². The Morgan fingerprint density at radius 3 is 2.80 bits per heavy atom. The molecule has 1 heterocycles. The Hall–Kier alpha value is -1.58. The minimum absolute atomic E-state index is 0.200. The summed E-state index contributed by atoms with van der Waals surface area (Å²) in [4.78, 5) is 15.2. The highest BCUT2D eigenvalue weighted by Gasteiger charge is 2.59. The number of aromatic nitrogens is 1. The fourth-order valence-corrected chi connectivity index (χ4v) is 4.51. The van der Waals surface area contributed by atoms with Crippen LogP contribution in [0.25, 0.3) is 0 Å². The summed E-state index contributed by atoms with van der Waals surface area (Å²) in [6, 6.07) is 2.09. The number of hydrogen-bond acceptors (Lipinski definition) is 3. The van der Waals surface area contributed by atoms with E-state index >= 15 is 0 Å². The molecular weight excluding hydrogens is 252 g/mol. The lowest BCUT2D eigenvalue weighted by molar-refractivity contribution is 0.0696. The van der Waals surface area contributed by atoms with E-state index < -0.39 is 5.97 Å². The second-order valence-electron chi connectivity index (χ2n) is 7.22. The molecule has 2 aliphatic rings. The van der Waals surface area contributed by atoms with Crippen LogP contribution < -0.4 is 5.32 Å². The number of aromatic carboxylic acids is 1. The molecule has 2 fully saturated rings. The summed E-state index contributed by atoms with van der Waals surface area (Å²) < 4.78 is 0. The Labute approximate surface area is 119 Å². The highest BCUT2D eigenvalue weighted by Crippen LogP contribution is 2.63. The largest absolute Gasteiger partial charge is 0.478 e. The average Bonchev–Trinajstić information content (AvgIpc) is 2.86. The van der Waals surface area contributed by atoms with Crippen LogP contribution in [0.5, 0.6) is 0 Å². The number of carboxylic acids is 1. The maximum absolute atomic E-state index is 11.3. The zero-order valence-electron chi connectivity index (χ0n) is 12.3. The zero-order valence-corrected chi connectivity index (χ0v) is 12.3. The van der Waals surface area contributed by atoms with E-state index in [1.807, 2.05) is 0 Å². The van der Waals surface area contributed by atoms with E-state index in [0.717, 1.165) is 5.92 Å². The number of carbonyl (C=O) groups is 1. The SMILES string of the molecule is CC12CCC(C1)C(C)(C)C2Nc1ccncc1C(=O)O. The van der Waals surface area contributed by atoms with Gasteiger partial charge < -0.3 is 10.4 Å². The molecule has 2 aliphatic carbocycles. The standard InChI is InChI=1S/C16H22N2O2/c1-15(2)10-4-6-16(3,8-10)14(15)18-12-5-7-17-9-11(12)13(19)20/h5,7,9-10,14H,4,6,8H2,1-3H3,(H,17,18)(H,19,20). The van der Waals surface area contributed by atoms with Crippen LogP contribution in [0.3, 0.4) is 0 Å². The van der Waals surface area contributed by atoms with Gasteiger partial charge in [-0.15, -0.1) is 0 Å². The number of carboxylic acid groups (broad SMARTS) is 1. The van der Waals surface area contributed by atoms with E-state index in [4.69, 9.17) is 0 Å². The second-order valence-corrected chi connectivity index (χ2v) is 7.22.